The van der Waals surface area contributed by atoms with Crippen LogP contribution in [-0.4, -0.2) is 67.5 Å². The first-order valence-corrected chi connectivity index (χ1v) is 11.5. The Morgan fingerprint density at radius 1 is 0.903 bits per heavy atom. The van der Waals surface area contributed by atoms with Crippen molar-refractivity contribution in [1.82, 2.24) is 9.21 Å². The number of sulfonamides is 1. The molecule has 0 saturated carbocycles. The lowest BCUT2D eigenvalue weighted by atomic mass is 10.1. The summed E-state index contributed by atoms with van der Waals surface area (Å²) in [4.78, 5) is 13.9. The molecule has 1 atom stereocenters. The summed E-state index contributed by atoms with van der Waals surface area (Å²) in [5.41, 5.74) is 0. The third-order valence-corrected chi connectivity index (χ3v) is 7.47. The van der Waals surface area contributed by atoms with E-state index in [1.54, 1.807) is 35.2 Å². The Kier molecular flexibility index (Phi) is 6.22. The molecular formula is C23H24N2O5S. The van der Waals surface area contributed by atoms with Crippen LogP contribution < -0.4 is 4.74 Å². The lowest BCUT2D eigenvalue weighted by Gasteiger charge is -2.37. The van der Waals surface area contributed by atoms with Gasteiger partial charge in [0.25, 0.3) is 0 Å². The maximum Gasteiger partial charge on any atom is 0.324 e. The van der Waals surface area contributed by atoms with Crippen molar-refractivity contribution in [2.24, 2.45) is 0 Å². The molecule has 1 N–H and O–H groups in total. The summed E-state index contributed by atoms with van der Waals surface area (Å²) < 4.78 is 33.7. The van der Waals surface area contributed by atoms with E-state index in [0.717, 1.165) is 5.39 Å². The van der Waals surface area contributed by atoms with Gasteiger partial charge >= 0.3 is 5.97 Å². The SMILES string of the molecule is O=C(O)C(COc1ccccc1)N1CCN(S(=O)(=O)c2cccc3ccccc23)CC1. The number of aliphatic carboxylic acids is 1. The molecule has 4 rings (SSSR count). The first-order chi connectivity index (χ1) is 15.0. The van der Waals surface area contributed by atoms with Gasteiger partial charge in [0.1, 0.15) is 18.4 Å². The van der Waals surface area contributed by atoms with E-state index in [4.69, 9.17) is 4.74 Å². The number of fused-ring (bicyclic) bond motifs is 1. The topological polar surface area (TPSA) is 87.2 Å². The van der Waals surface area contributed by atoms with E-state index in [0.29, 0.717) is 24.2 Å². The monoisotopic (exact) mass is 440 g/mol. The summed E-state index contributed by atoms with van der Waals surface area (Å²) in [6.07, 6.45) is 0. The summed E-state index contributed by atoms with van der Waals surface area (Å²) in [5, 5.41) is 11.2. The van der Waals surface area contributed by atoms with Crippen molar-refractivity contribution in [2.75, 3.05) is 32.8 Å². The van der Waals surface area contributed by atoms with E-state index in [1.807, 2.05) is 42.5 Å². The zero-order valence-corrected chi connectivity index (χ0v) is 17.7. The smallest absolute Gasteiger partial charge is 0.324 e. The van der Waals surface area contributed by atoms with Gasteiger partial charge in [0.15, 0.2) is 0 Å². The molecule has 0 amide bonds. The maximum absolute atomic E-state index is 13.3. The summed E-state index contributed by atoms with van der Waals surface area (Å²) in [6.45, 7) is 1.08. The van der Waals surface area contributed by atoms with Crippen LogP contribution in [0.3, 0.4) is 0 Å². The van der Waals surface area contributed by atoms with E-state index < -0.39 is 22.0 Å². The van der Waals surface area contributed by atoms with E-state index in [2.05, 4.69) is 0 Å². The molecule has 0 aromatic heterocycles. The average molecular weight is 441 g/mol. The lowest BCUT2D eigenvalue weighted by molar-refractivity contribution is -0.145. The third kappa shape index (κ3) is 4.56. The minimum atomic E-state index is -3.69. The molecular weight excluding hydrogens is 416 g/mol. The van der Waals surface area contributed by atoms with Gasteiger partial charge in [0.05, 0.1) is 4.90 Å². The number of nitrogens with zero attached hydrogens (tertiary/aromatic N) is 2. The largest absolute Gasteiger partial charge is 0.491 e. The molecule has 31 heavy (non-hydrogen) atoms. The normalized spacial score (nSPS) is 16.8. The Labute approximate surface area is 181 Å². The Bertz CT molecular complexity index is 1150. The van der Waals surface area contributed by atoms with Crippen LogP contribution >= 0.6 is 0 Å². The Morgan fingerprint density at radius 2 is 1.55 bits per heavy atom. The van der Waals surface area contributed by atoms with Crippen molar-refractivity contribution in [3.63, 3.8) is 0 Å². The minimum Gasteiger partial charge on any atom is -0.491 e. The van der Waals surface area contributed by atoms with Gasteiger partial charge in [-0.25, -0.2) is 8.42 Å². The summed E-state index contributed by atoms with van der Waals surface area (Å²) in [7, 11) is -3.69. The van der Waals surface area contributed by atoms with E-state index in [1.165, 1.54) is 4.31 Å². The Morgan fingerprint density at radius 3 is 2.26 bits per heavy atom. The van der Waals surface area contributed by atoms with Crippen LogP contribution in [0, 0.1) is 0 Å². The number of hydrogen-bond acceptors (Lipinski definition) is 5. The molecule has 1 saturated heterocycles. The number of piperazine rings is 1. The number of hydrogen-bond donors (Lipinski definition) is 1. The number of rotatable bonds is 7. The molecule has 1 heterocycles. The quantitative estimate of drug-likeness (QED) is 0.608. The standard InChI is InChI=1S/C23H24N2O5S/c26-23(27)21(17-30-19-9-2-1-3-10-19)24-13-15-25(16-14-24)31(28,29)22-12-6-8-18-7-4-5-11-20(18)22/h1-12,21H,13-17H2,(H,26,27). The molecule has 0 bridgehead atoms. The molecule has 3 aromatic carbocycles. The Hall–Kier alpha value is -2.94. The molecule has 1 unspecified atom stereocenters. The number of para-hydroxylation sites is 1. The van der Waals surface area contributed by atoms with Crippen LogP contribution in [0.1, 0.15) is 0 Å². The van der Waals surface area contributed by atoms with E-state index in [-0.39, 0.29) is 24.6 Å². The first kappa shape index (κ1) is 21.3. The van der Waals surface area contributed by atoms with Crippen LogP contribution in [0.2, 0.25) is 0 Å². The van der Waals surface area contributed by atoms with Crippen molar-refractivity contribution in [1.29, 1.82) is 0 Å². The highest BCUT2D eigenvalue weighted by Gasteiger charge is 2.34. The summed E-state index contributed by atoms with van der Waals surface area (Å²) in [5.74, 6) is -0.382. The fourth-order valence-electron chi connectivity index (χ4n) is 3.84. The second-order valence-corrected chi connectivity index (χ2v) is 9.30. The number of carbonyl (C=O) groups is 1. The molecule has 1 aliphatic rings. The Balaban J connectivity index is 1.46. The first-order valence-electron chi connectivity index (χ1n) is 10.1. The maximum atomic E-state index is 13.3. The van der Waals surface area contributed by atoms with Crippen molar-refractivity contribution < 1.29 is 23.1 Å². The zero-order valence-electron chi connectivity index (χ0n) is 16.9. The number of carboxylic acid groups (broad SMARTS) is 1. The van der Waals surface area contributed by atoms with Gasteiger partial charge in [-0.15, -0.1) is 0 Å². The van der Waals surface area contributed by atoms with Crippen molar-refractivity contribution in [3.05, 3.63) is 72.8 Å². The summed E-state index contributed by atoms with van der Waals surface area (Å²) in [6, 6.07) is 20.8. The molecule has 1 fully saturated rings. The van der Waals surface area contributed by atoms with Crippen LogP contribution in [0.4, 0.5) is 0 Å². The zero-order chi connectivity index (χ0) is 21.8. The van der Waals surface area contributed by atoms with Gasteiger partial charge in [-0.1, -0.05) is 54.6 Å². The second-order valence-electron chi connectivity index (χ2n) is 7.40. The lowest BCUT2D eigenvalue weighted by Crippen LogP contribution is -2.55. The predicted octanol–water partition coefficient (Wildman–Crippen LogP) is 2.68. The molecule has 7 nitrogen and oxygen atoms in total. The predicted molar refractivity (Wildman–Crippen MR) is 118 cm³/mol. The van der Waals surface area contributed by atoms with E-state index >= 15 is 0 Å². The number of ether oxygens (including phenoxy) is 1. The molecule has 0 spiro atoms. The van der Waals surface area contributed by atoms with Crippen molar-refractivity contribution in [3.8, 4) is 5.75 Å². The number of carboxylic acids is 1. The van der Waals surface area contributed by atoms with Gasteiger partial charge < -0.3 is 9.84 Å². The second kappa shape index (κ2) is 9.05. The molecule has 1 aliphatic heterocycles. The minimum absolute atomic E-state index is 0.00454. The highest BCUT2D eigenvalue weighted by Crippen LogP contribution is 2.26. The van der Waals surface area contributed by atoms with Gasteiger partial charge in [-0.2, -0.15) is 4.31 Å². The number of benzene rings is 3. The highest BCUT2D eigenvalue weighted by molar-refractivity contribution is 7.89. The molecule has 3 aromatic rings. The van der Waals surface area contributed by atoms with Crippen LogP contribution in [-0.2, 0) is 14.8 Å². The van der Waals surface area contributed by atoms with Gasteiger partial charge in [0.2, 0.25) is 10.0 Å². The van der Waals surface area contributed by atoms with Crippen molar-refractivity contribution >= 4 is 26.8 Å². The highest BCUT2D eigenvalue weighted by atomic mass is 32.2. The fourth-order valence-corrected chi connectivity index (χ4v) is 5.48. The van der Waals surface area contributed by atoms with Crippen LogP contribution in [0.15, 0.2) is 77.7 Å². The molecule has 0 aliphatic carbocycles. The summed E-state index contributed by atoms with van der Waals surface area (Å²) >= 11 is 0. The van der Waals surface area contributed by atoms with Crippen LogP contribution in [0.25, 0.3) is 10.8 Å². The third-order valence-electron chi connectivity index (χ3n) is 5.52. The molecule has 162 valence electrons. The molecule has 8 heteroatoms. The van der Waals surface area contributed by atoms with Crippen LogP contribution in [0.5, 0.6) is 5.75 Å². The molecule has 0 radical (unpaired) electrons. The van der Waals surface area contributed by atoms with Crippen molar-refractivity contribution in [2.45, 2.75) is 10.9 Å². The fraction of sp³-hybridized carbons (Fsp3) is 0.261. The van der Waals surface area contributed by atoms with Gasteiger partial charge in [-0.05, 0) is 23.6 Å². The van der Waals surface area contributed by atoms with Gasteiger partial charge in [0, 0.05) is 31.6 Å². The average Bonchev–Trinajstić information content (AvgIpc) is 2.79. The van der Waals surface area contributed by atoms with E-state index in [9.17, 15) is 18.3 Å². The van der Waals surface area contributed by atoms with Gasteiger partial charge in [-0.3, -0.25) is 9.69 Å².